The van der Waals surface area contributed by atoms with Crippen LogP contribution in [0.2, 0.25) is 0 Å². The van der Waals surface area contributed by atoms with Gasteiger partial charge in [-0.15, -0.1) is 0 Å². The standard InChI is InChI=1S/C11H12FNOS.CH5N/c12-10-5-1-2-6-11(10)15-13-7-3-4-9(13)8-14;1-2/h1-2,5-6,8-9H,3-4,7H2;2H2,1H3. The quantitative estimate of drug-likeness (QED) is 0.664. The third kappa shape index (κ3) is 3.80. The molecule has 1 aromatic carbocycles. The molecule has 1 unspecified atom stereocenters. The number of rotatable bonds is 3. The van der Waals surface area contributed by atoms with Crippen molar-refractivity contribution in [3.63, 3.8) is 0 Å². The van der Waals surface area contributed by atoms with Gasteiger partial charge < -0.3 is 10.5 Å². The van der Waals surface area contributed by atoms with Crippen LogP contribution in [0.1, 0.15) is 12.8 Å². The second-order valence-electron chi connectivity index (χ2n) is 3.51. The Morgan fingerprint density at radius 2 is 2.18 bits per heavy atom. The van der Waals surface area contributed by atoms with Gasteiger partial charge in [-0.1, -0.05) is 12.1 Å². The zero-order valence-electron chi connectivity index (χ0n) is 9.80. The highest BCUT2D eigenvalue weighted by atomic mass is 32.2. The van der Waals surface area contributed by atoms with Crippen LogP contribution in [0.4, 0.5) is 4.39 Å². The number of carbonyl (C=O) groups is 1. The van der Waals surface area contributed by atoms with E-state index in [1.165, 1.54) is 25.1 Å². The van der Waals surface area contributed by atoms with Crippen LogP contribution in [0.15, 0.2) is 29.2 Å². The van der Waals surface area contributed by atoms with Crippen molar-refractivity contribution in [3.05, 3.63) is 30.1 Å². The number of aldehydes is 1. The minimum atomic E-state index is -0.223. The van der Waals surface area contributed by atoms with Gasteiger partial charge in [0.2, 0.25) is 0 Å². The highest BCUT2D eigenvalue weighted by molar-refractivity contribution is 7.97. The van der Waals surface area contributed by atoms with E-state index in [0.29, 0.717) is 4.90 Å². The second-order valence-corrected chi connectivity index (χ2v) is 4.60. The Morgan fingerprint density at radius 1 is 1.47 bits per heavy atom. The van der Waals surface area contributed by atoms with Crippen molar-refractivity contribution < 1.29 is 9.18 Å². The molecule has 0 amide bonds. The normalized spacial score (nSPS) is 19.6. The number of nitrogens with zero attached hydrogens (tertiary/aromatic N) is 1. The van der Waals surface area contributed by atoms with E-state index in [-0.39, 0.29) is 11.9 Å². The number of carbonyl (C=O) groups excluding carboxylic acids is 1. The molecule has 0 spiro atoms. The van der Waals surface area contributed by atoms with Crippen molar-refractivity contribution >= 4 is 18.2 Å². The molecule has 0 radical (unpaired) electrons. The van der Waals surface area contributed by atoms with Crippen LogP contribution in [0.5, 0.6) is 0 Å². The van der Waals surface area contributed by atoms with Gasteiger partial charge >= 0.3 is 0 Å². The molecule has 1 aliphatic rings. The Hall–Kier alpha value is -0.910. The van der Waals surface area contributed by atoms with Gasteiger partial charge in [-0.05, 0) is 44.0 Å². The van der Waals surface area contributed by atoms with E-state index >= 15 is 0 Å². The fraction of sp³-hybridized carbons (Fsp3) is 0.417. The minimum Gasteiger partial charge on any atom is -0.333 e. The van der Waals surface area contributed by atoms with Crippen molar-refractivity contribution in [3.8, 4) is 0 Å². The molecule has 94 valence electrons. The lowest BCUT2D eigenvalue weighted by Gasteiger charge is -2.18. The van der Waals surface area contributed by atoms with Crippen LogP contribution >= 0.6 is 11.9 Å². The molecular formula is C12H17FN2OS. The summed E-state index contributed by atoms with van der Waals surface area (Å²) in [5.74, 6) is -0.223. The molecule has 2 N–H and O–H groups in total. The first-order valence-corrected chi connectivity index (χ1v) is 6.31. The molecule has 1 aromatic rings. The van der Waals surface area contributed by atoms with Gasteiger partial charge in [-0.25, -0.2) is 8.70 Å². The Balaban J connectivity index is 0.000000686. The maximum atomic E-state index is 13.3. The summed E-state index contributed by atoms with van der Waals surface area (Å²) in [7, 11) is 1.50. The van der Waals surface area contributed by atoms with Crippen LogP contribution in [0.3, 0.4) is 0 Å². The predicted molar refractivity (Wildman–Crippen MR) is 68.2 cm³/mol. The zero-order valence-corrected chi connectivity index (χ0v) is 10.6. The lowest BCUT2D eigenvalue weighted by Crippen LogP contribution is -2.23. The molecule has 17 heavy (non-hydrogen) atoms. The molecule has 1 atom stereocenters. The van der Waals surface area contributed by atoms with E-state index in [2.05, 4.69) is 5.73 Å². The van der Waals surface area contributed by atoms with Gasteiger partial charge in [0, 0.05) is 6.54 Å². The first-order valence-electron chi connectivity index (χ1n) is 5.53. The largest absolute Gasteiger partial charge is 0.333 e. The second kappa shape index (κ2) is 7.42. The van der Waals surface area contributed by atoms with Gasteiger partial charge in [0.05, 0.1) is 10.9 Å². The molecule has 1 saturated heterocycles. The molecule has 2 rings (SSSR count). The molecule has 0 aromatic heterocycles. The first kappa shape index (κ1) is 14.2. The number of hydrogen-bond acceptors (Lipinski definition) is 4. The lowest BCUT2D eigenvalue weighted by atomic mass is 10.2. The molecule has 0 bridgehead atoms. The fourth-order valence-corrected chi connectivity index (χ4v) is 2.72. The van der Waals surface area contributed by atoms with Crippen molar-refractivity contribution in [2.24, 2.45) is 5.73 Å². The summed E-state index contributed by atoms with van der Waals surface area (Å²) in [6, 6.07) is 6.58. The first-order chi connectivity index (χ1) is 8.31. The Labute approximate surface area is 105 Å². The van der Waals surface area contributed by atoms with E-state index in [9.17, 15) is 9.18 Å². The van der Waals surface area contributed by atoms with Crippen molar-refractivity contribution in [1.29, 1.82) is 0 Å². The van der Waals surface area contributed by atoms with Crippen molar-refractivity contribution in [2.45, 2.75) is 23.8 Å². The van der Waals surface area contributed by atoms with Crippen molar-refractivity contribution in [2.75, 3.05) is 13.6 Å². The average molecular weight is 256 g/mol. The SMILES string of the molecule is CN.O=CC1CCCN1Sc1ccccc1F. The predicted octanol–water partition coefficient (Wildman–Crippen LogP) is 2.07. The van der Waals surface area contributed by atoms with Crippen LogP contribution in [0.25, 0.3) is 0 Å². The molecule has 5 heteroatoms. The maximum absolute atomic E-state index is 13.3. The van der Waals surface area contributed by atoms with Crippen LogP contribution in [-0.2, 0) is 4.79 Å². The highest BCUT2D eigenvalue weighted by Crippen LogP contribution is 2.31. The fourth-order valence-electron chi connectivity index (χ4n) is 1.66. The van der Waals surface area contributed by atoms with Gasteiger partial charge in [-0.3, -0.25) is 0 Å². The Morgan fingerprint density at radius 3 is 2.82 bits per heavy atom. The molecule has 1 heterocycles. The summed E-state index contributed by atoms with van der Waals surface area (Å²) in [6.45, 7) is 0.850. The van der Waals surface area contributed by atoms with Crippen LogP contribution in [-0.4, -0.2) is 30.2 Å². The van der Waals surface area contributed by atoms with E-state index < -0.39 is 0 Å². The minimum absolute atomic E-state index is 0.0605. The number of benzene rings is 1. The summed E-state index contributed by atoms with van der Waals surface area (Å²) < 4.78 is 15.3. The number of halogens is 1. The lowest BCUT2D eigenvalue weighted by molar-refractivity contribution is -0.110. The van der Waals surface area contributed by atoms with Crippen LogP contribution < -0.4 is 5.73 Å². The third-order valence-corrected chi connectivity index (χ3v) is 3.67. The zero-order chi connectivity index (χ0) is 12.7. The summed E-state index contributed by atoms with van der Waals surface area (Å²) in [6.07, 6.45) is 2.83. The van der Waals surface area contributed by atoms with E-state index in [4.69, 9.17) is 0 Å². The smallest absolute Gasteiger partial charge is 0.138 e. The van der Waals surface area contributed by atoms with E-state index in [1.807, 2.05) is 4.31 Å². The monoisotopic (exact) mass is 256 g/mol. The average Bonchev–Trinajstić information content (AvgIpc) is 2.82. The molecule has 0 saturated carbocycles. The highest BCUT2D eigenvalue weighted by Gasteiger charge is 2.25. The molecule has 1 aliphatic heterocycles. The van der Waals surface area contributed by atoms with Crippen molar-refractivity contribution in [1.82, 2.24) is 4.31 Å². The summed E-state index contributed by atoms with van der Waals surface area (Å²) >= 11 is 1.34. The molecule has 0 aliphatic carbocycles. The topological polar surface area (TPSA) is 46.3 Å². The number of nitrogens with two attached hydrogens (primary N) is 1. The van der Waals surface area contributed by atoms with Gasteiger partial charge in [0.25, 0.3) is 0 Å². The summed E-state index contributed by atoms with van der Waals surface area (Å²) in [4.78, 5) is 11.3. The number of hydrogen-bond donors (Lipinski definition) is 1. The van der Waals surface area contributed by atoms with Gasteiger partial charge in [0.1, 0.15) is 12.1 Å². The maximum Gasteiger partial charge on any atom is 0.138 e. The Kier molecular flexibility index (Phi) is 6.18. The van der Waals surface area contributed by atoms with Crippen LogP contribution in [0, 0.1) is 5.82 Å². The van der Waals surface area contributed by atoms with E-state index in [0.717, 1.165) is 25.7 Å². The van der Waals surface area contributed by atoms with Gasteiger partial charge in [-0.2, -0.15) is 0 Å². The van der Waals surface area contributed by atoms with Gasteiger partial charge in [0.15, 0.2) is 0 Å². The Bertz CT molecular complexity index is 362. The molecule has 1 fully saturated rings. The summed E-state index contributed by atoms with van der Waals surface area (Å²) in [5.41, 5.74) is 4.50. The third-order valence-electron chi connectivity index (χ3n) is 2.46. The van der Waals surface area contributed by atoms with E-state index in [1.54, 1.807) is 18.2 Å². The molecular weight excluding hydrogens is 239 g/mol. The molecule has 3 nitrogen and oxygen atoms in total. The summed E-state index contributed by atoms with van der Waals surface area (Å²) in [5, 5.41) is 0.